The predicted molar refractivity (Wildman–Crippen MR) is 109 cm³/mol. The van der Waals surface area contributed by atoms with Gasteiger partial charge in [0.2, 0.25) is 0 Å². The lowest BCUT2D eigenvalue weighted by atomic mass is 10.0. The molecule has 2 heterocycles. The molecule has 5 heteroatoms. The molecule has 2 aromatic carbocycles. The molecule has 4 rings (SSSR count). The van der Waals surface area contributed by atoms with E-state index in [9.17, 15) is 4.79 Å². The molecule has 3 aromatic rings. The number of nitrogens with zero attached hydrogens (tertiary/aromatic N) is 3. The molecule has 1 aromatic heterocycles. The second kappa shape index (κ2) is 7.98. The van der Waals surface area contributed by atoms with Gasteiger partial charge in [-0.1, -0.05) is 49.4 Å². The minimum Gasteiger partial charge on any atom is -0.370 e. The van der Waals surface area contributed by atoms with Gasteiger partial charge in [0.1, 0.15) is 6.10 Å². The topological polar surface area (TPSA) is 47.4 Å². The Balaban J connectivity index is 1.50. The first-order valence-electron chi connectivity index (χ1n) is 9.74. The fraction of sp³-hybridized carbons (Fsp3) is 0.304. The number of aryl methyl sites for hydroxylation is 1. The van der Waals surface area contributed by atoms with Crippen molar-refractivity contribution in [2.45, 2.75) is 19.4 Å². The summed E-state index contributed by atoms with van der Waals surface area (Å²) >= 11 is 0. The molecule has 0 aliphatic carbocycles. The van der Waals surface area contributed by atoms with E-state index in [1.807, 2.05) is 77.4 Å². The molecular formula is C23H25N3O2. The first-order valence-corrected chi connectivity index (χ1v) is 9.74. The Bertz CT molecular complexity index is 948. The van der Waals surface area contributed by atoms with Gasteiger partial charge >= 0.3 is 0 Å². The molecule has 0 radical (unpaired) electrons. The fourth-order valence-corrected chi connectivity index (χ4v) is 3.80. The van der Waals surface area contributed by atoms with E-state index < -0.39 is 0 Å². The van der Waals surface area contributed by atoms with Crippen molar-refractivity contribution < 1.29 is 9.53 Å². The van der Waals surface area contributed by atoms with Crippen molar-refractivity contribution >= 4 is 5.91 Å². The zero-order valence-corrected chi connectivity index (χ0v) is 16.3. The van der Waals surface area contributed by atoms with Gasteiger partial charge in [-0.25, -0.2) is 0 Å². The van der Waals surface area contributed by atoms with E-state index in [4.69, 9.17) is 4.74 Å². The third-order valence-electron chi connectivity index (χ3n) is 5.36. The number of carbonyl (C=O) groups excluding carboxylic acids is 1. The lowest BCUT2D eigenvalue weighted by Crippen LogP contribution is -2.42. The van der Waals surface area contributed by atoms with Crippen LogP contribution in [0.4, 0.5) is 0 Å². The van der Waals surface area contributed by atoms with Crippen molar-refractivity contribution in [1.29, 1.82) is 0 Å². The lowest BCUT2D eigenvalue weighted by Gasteiger charge is -2.33. The number of hydrogen-bond acceptors (Lipinski definition) is 3. The molecule has 1 aliphatic rings. The SMILES string of the molecule is CCc1c(-c2ccc(C(=O)N3CCO[C@@H](c4ccccc4)C3)cc2)cnn1C. The second-order valence-corrected chi connectivity index (χ2v) is 7.08. The first-order chi connectivity index (χ1) is 13.7. The van der Waals surface area contributed by atoms with Crippen molar-refractivity contribution in [3.05, 3.63) is 77.6 Å². The van der Waals surface area contributed by atoms with Gasteiger partial charge in [-0.15, -0.1) is 0 Å². The number of amides is 1. The minimum absolute atomic E-state index is 0.0534. The van der Waals surface area contributed by atoms with E-state index in [0.29, 0.717) is 25.3 Å². The Morgan fingerprint density at radius 2 is 1.89 bits per heavy atom. The standard InChI is InChI=1S/C23H25N3O2/c1-3-21-20(15-24-25(21)2)17-9-11-19(12-10-17)23(27)26-13-14-28-22(16-26)18-7-5-4-6-8-18/h4-12,15,22H,3,13-14,16H2,1-2H3/t22-/m1/s1. The number of aromatic nitrogens is 2. The molecule has 0 N–H and O–H groups in total. The van der Waals surface area contributed by atoms with Gasteiger partial charge in [-0.05, 0) is 29.7 Å². The van der Waals surface area contributed by atoms with Crippen LogP contribution in [0.25, 0.3) is 11.1 Å². The van der Waals surface area contributed by atoms with E-state index in [-0.39, 0.29) is 12.0 Å². The summed E-state index contributed by atoms with van der Waals surface area (Å²) in [6.07, 6.45) is 2.74. The third-order valence-corrected chi connectivity index (χ3v) is 5.36. The largest absolute Gasteiger partial charge is 0.370 e. The maximum atomic E-state index is 13.0. The molecule has 0 unspecified atom stereocenters. The highest BCUT2D eigenvalue weighted by Crippen LogP contribution is 2.26. The van der Waals surface area contributed by atoms with E-state index in [1.54, 1.807) is 0 Å². The van der Waals surface area contributed by atoms with Crippen molar-refractivity contribution in [2.75, 3.05) is 19.7 Å². The first kappa shape index (κ1) is 18.4. The molecule has 1 aliphatic heterocycles. The summed E-state index contributed by atoms with van der Waals surface area (Å²) in [6.45, 7) is 3.87. The number of rotatable bonds is 4. The maximum absolute atomic E-state index is 13.0. The number of carbonyl (C=O) groups is 1. The number of ether oxygens (including phenoxy) is 1. The van der Waals surface area contributed by atoms with Crippen LogP contribution < -0.4 is 0 Å². The smallest absolute Gasteiger partial charge is 0.254 e. The molecule has 0 spiro atoms. The number of hydrogen-bond donors (Lipinski definition) is 0. The van der Waals surface area contributed by atoms with Crippen LogP contribution in [-0.4, -0.2) is 40.3 Å². The van der Waals surface area contributed by atoms with E-state index in [2.05, 4.69) is 12.0 Å². The third kappa shape index (κ3) is 3.58. The van der Waals surface area contributed by atoms with Gasteiger partial charge in [-0.2, -0.15) is 5.10 Å². The van der Waals surface area contributed by atoms with Crippen molar-refractivity contribution in [2.24, 2.45) is 7.05 Å². The van der Waals surface area contributed by atoms with Gasteiger partial charge < -0.3 is 9.64 Å². The van der Waals surface area contributed by atoms with Gasteiger partial charge in [0.25, 0.3) is 5.91 Å². The van der Waals surface area contributed by atoms with Crippen LogP contribution >= 0.6 is 0 Å². The Kier molecular flexibility index (Phi) is 5.26. The summed E-state index contributed by atoms with van der Waals surface area (Å²) in [5, 5.41) is 4.36. The van der Waals surface area contributed by atoms with Crippen LogP contribution in [-0.2, 0) is 18.2 Å². The highest BCUT2D eigenvalue weighted by Gasteiger charge is 2.26. The van der Waals surface area contributed by atoms with E-state index in [1.165, 1.54) is 5.69 Å². The lowest BCUT2D eigenvalue weighted by molar-refractivity contribution is -0.0228. The highest BCUT2D eigenvalue weighted by molar-refractivity contribution is 5.94. The average molecular weight is 375 g/mol. The van der Waals surface area contributed by atoms with Gasteiger partial charge in [0.15, 0.2) is 0 Å². The normalized spacial score (nSPS) is 16.9. The van der Waals surface area contributed by atoms with Crippen LogP contribution in [0.5, 0.6) is 0 Å². The maximum Gasteiger partial charge on any atom is 0.254 e. The summed E-state index contributed by atoms with van der Waals surface area (Å²) in [7, 11) is 1.96. The summed E-state index contributed by atoms with van der Waals surface area (Å²) in [5.74, 6) is 0.0534. The molecule has 1 atom stereocenters. The molecule has 0 bridgehead atoms. The summed E-state index contributed by atoms with van der Waals surface area (Å²) in [6, 6.07) is 17.9. The molecule has 5 nitrogen and oxygen atoms in total. The summed E-state index contributed by atoms with van der Waals surface area (Å²) in [4.78, 5) is 14.9. The summed E-state index contributed by atoms with van der Waals surface area (Å²) in [5.41, 5.74) is 5.22. The van der Waals surface area contributed by atoms with Crippen molar-refractivity contribution in [1.82, 2.24) is 14.7 Å². The summed E-state index contributed by atoms with van der Waals surface area (Å²) < 4.78 is 7.79. The van der Waals surface area contributed by atoms with Crippen LogP contribution in [0.15, 0.2) is 60.8 Å². The van der Waals surface area contributed by atoms with Crippen molar-refractivity contribution in [3.8, 4) is 11.1 Å². The second-order valence-electron chi connectivity index (χ2n) is 7.08. The molecule has 1 saturated heterocycles. The van der Waals surface area contributed by atoms with Crippen LogP contribution in [0.3, 0.4) is 0 Å². The average Bonchev–Trinajstić information content (AvgIpc) is 3.14. The van der Waals surface area contributed by atoms with Gasteiger partial charge in [0.05, 0.1) is 19.3 Å². The Labute approximate surface area is 165 Å². The fourth-order valence-electron chi connectivity index (χ4n) is 3.80. The zero-order valence-electron chi connectivity index (χ0n) is 16.3. The molecular weight excluding hydrogens is 350 g/mol. The van der Waals surface area contributed by atoms with Crippen LogP contribution in [0, 0.1) is 0 Å². The van der Waals surface area contributed by atoms with Crippen molar-refractivity contribution in [3.63, 3.8) is 0 Å². The molecule has 1 amide bonds. The number of morpholine rings is 1. The number of benzene rings is 2. The van der Waals surface area contributed by atoms with Crippen LogP contribution in [0.1, 0.15) is 34.6 Å². The Morgan fingerprint density at radius 3 is 2.61 bits per heavy atom. The van der Waals surface area contributed by atoms with Gasteiger partial charge in [-0.3, -0.25) is 9.48 Å². The van der Waals surface area contributed by atoms with E-state index >= 15 is 0 Å². The zero-order chi connectivity index (χ0) is 19.5. The van der Waals surface area contributed by atoms with Gasteiger partial charge in [0, 0.05) is 30.4 Å². The molecule has 28 heavy (non-hydrogen) atoms. The van der Waals surface area contributed by atoms with Crippen LogP contribution in [0.2, 0.25) is 0 Å². The minimum atomic E-state index is -0.0688. The quantitative estimate of drug-likeness (QED) is 0.696. The molecule has 144 valence electrons. The van der Waals surface area contributed by atoms with E-state index in [0.717, 1.165) is 23.1 Å². The Morgan fingerprint density at radius 1 is 1.14 bits per heavy atom. The predicted octanol–water partition coefficient (Wildman–Crippen LogP) is 3.86. The monoisotopic (exact) mass is 375 g/mol. The highest BCUT2D eigenvalue weighted by atomic mass is 16.5. The molecule has 0 saturated carbocycles. The Hall–Kier alpha value is -2.92. The molecule has 1 fully saturated rings.